The summed E-state index contributed by atoms with van der Waals surface area (Å²) in [7, 11) is 2.09. The quantitative estimate of drug-likeness (QED) is 0.630. The Labute approximate surface area is 160 Å². The van der Waals surface area contributed by atoms with E-state index in [0.717, 1.165) is 25.9 Å². The highest BCUT2D eigenvalue weighted by Gasteiger charge is 2.18. The number of amides is 3. The summed E-state index contributed by atoms with van der Waals surface area (Å²) in [6.45, 7) is 3.62. The zero-order valence-corrected chi connectivity index (χ0v) is 16.1. The van der Waals surface area contributed by atoms with Gasteiger partial charge in [0, 0.05) is 17.4 Å². The SMILES string of the molecule is C[C@@H](N)C(=O)Nc1ccc(NC(=O)NC2CCN(C)CC2)cc1.Cl.Cl. The molecule has 1 aromatic rings. The van der Waals surface area contributed by atoms with Crippen molar-refractivity contribution in [1.29, 1.82) is 0 Å². The van der Waals surface area contributed by atoms with Crippen molar-refractivity contribution in [2.75, 3.05) is 30.8 Å². The van der Waals surface area contributed by atoms with Crippen LogP contribution in [0.2, 0.25) is 0 Å². The lowest BCUT2D eigenvalue weighted by atomic mass is 10.1. The number of nitrogens with one attached hydrogen (secondary N) is 3. The van der Waals surface area contributed by atoms with Gasteiger partial charge in [-0.15, -0.1) is 24.8 Å². The van der Waals surface area contributed by atoms with Crippen LogP contribution in [0.1, 0.15) is 19.8 Å². The van der Waals surface area contributed by atoms with Crippen LogP contribution >= 0.6 is 24.8 Å². The average molecular weight is 392 g/mol. The smallest absolute Gasteiger partial charge is 0.319 e. The number of carbonyl (C=O) groups excluding carboxylic acids is 2. The van der Waals surface area contributed by atoms with Crippen molar-refractivity contribution in [1.82, 2.24) is 10.2 Å². The molecule has 0 saturated carbocycles. The second-order valence-electron chi connectivity index (χ2n) is 6.03. The number of likely N-dealkylation sites (tertiary alicyclic amines) is 1. The first-order valence-corrected chi connectivity index (χ1v) is 7.86. The maximum atomic E-state index is 12.0. The van der Waals surface area contributed by atoms with Crippen LogP contribution in [0, 0.1) is 0 Å². The lowest BCUT2D eigenvalue weighted by Gasteiger charge is -2.29. The second kappa shape index (κ2) is 11.1. The summed E-state index contributed by atoms with van der Waals surface area (Å²) in [5.74, 6) is -0.245. The minimum atomic E-state index is -0.562. The van der Waals surface area contributed by atoms with Crippen LogP contribution in [0.5, 0.6) is 0 Å². The maximum Gasteiger partial charge on any atom is 0.319 e. The van der Waals surface area contributed by atoms with Crippen LogP contribution in [0.15, 0.2) is 24.3 Å². The fourth-order valence-corrected chi connectivity index (χ4v) is 2.40. The molecule has 25 heavy (non-hydrogen) atoms. The molecule has 3 amide bonds. The number of halogens is 2. The molecule has 1 heterocycles. The highest BCUT2D eigenvalue weighted by molar-refractivity contribution is 5.95. The molecule has 0 aliphatic carbocycles. The van der Waals surface area contributed by atoms with Crippen LogP contribution in [0.4, 0.5) is 16.2 Å². The minimum Gasteiger partial charge on any atom is -0.335 e. The Bertz CT molecular complexity index is 546. The van der Waals surface area contributed by atoms with E-state index in [2.05, 4.69) is 27.9 Å². The van der Waals surface area contributed by atoms with Crippen molar-refractivity contribution in [3.05, 3.63) is 24.3 Å². The summed E-state index contributed by atoms with van der Waals surface area (Å²) in [6, 6.07) is 6.39. The number of nitrogens with zero attached hydrogens (tertiary/aromatic N) is 1. The largest absolute Gasteiger partial charge is 0.335 e. The van der Waals surface area contributed by atoms with Crippen molar-refractivity contribution in [3.8, 4) is 0 Å². The van der Waals surface area contributed by atoms with Crippen LogP contribution in [-0.2, 0) is 4.79 Å². The summed E-state index contributed by atoms with van der Waals surface area (Å²) in [5, 5.41) is 8.48. The molecule has 1 saturated heterocycles. The molecule has 1 atom stereocenters. The second-order valence-corrected chi connectivity index (χ2v) is 6.03. The van der Waals surface area contributed by atoms with Crippen LogP contribution < -0.4 is 21.7 Å². The molecule has 5 N–H and O–H groups in total. The third kappa shape index (κ3) is 7.92. The number of anilines is 2. The van der Waals surface area contributed by atoms with Gasteiger partial charge in [-0.05, 0) is 64.2 Å². The first-order valence-electron chi connectivity index (χ1n) is 7.86. The van der Waals surface area contributed by atoms with Gasteiger partial charge in [0.15, 0.2) is 0 Å². The fraction of sp³-hybridized carbons (Fsp3) is 0.500. The normalized spacial score (nSPS) is 16.0. The van der Waals surface area contributed by atoms with E-state index in [1.807, 2.05) is 0 Å². The number of rotatable bonds is 4. The van der Waals surface area contributed by atoms with Crippen molar-refractivity contribution < 1.29 is 9.59 Å². The molecule has 142 valence electrons. The molecule has 0 unspecified atom stereocenters. The van der Waals surface area contributed by atoms with E-state index in [1.54, 1.807) is 31.2 Å². The van der Waals surface area contributed by atoms with E-state index < -0.39 is 6.04 Å². The molecule has 0 bridgehead atoms. The molecule has 1 aliphatic heterocycles. The van der Waals surface area contributed by atoms with Crippen molar-refractivity contribution in [2.45, 2.75) is 31.8 Å². The predicted molar refractivity (Wildman–Crippen MR) is 106 cm³/mol. The highest BCUT2D eigenvalue weighted by Crippen LogP contribution is 2.14. The molecule has 0 aromatic heterocycles. The lowest BCUT2D eigenvalue weighted by molar-refractivity contribution is -0.117. The number of hydrogen-bond acceptors (Lipinski definition) is 4. The summed E-state index contributed by atoms with van der Waals surface area (Å²) >= 11 is 0. The Hall–Kier alpha value is -1.54. The van der Waals surface area contributed by atoms with Gasteiger partial charge in [0.1, 0.15) is 0 Å². The number of piperidine rings is 1. The highest BCUT2D eigenvalue weighted by atomic mass is 35.5. The van der Waals surface area contributed by atoms with Crippen LogP contribution in [0.25, 0.3) is 0 Å². The molecule has 1 fully saturated rings. The van der Waals surface area contributed by atoms with Gasteiger partial charge in [0.25, 0.3) is 0 Å². The molecule has 1 aromatic carbocycles. The van der Waals surface area contributed by atoms with Gasteiger partial charge in [-0.3, -0.25) is 4.79 Å². The van der Waals surface area contributed by atoms with Crippen LogP contribution in [0.3, 0.4) is 0 Å². The van der Waals surface area contributed by atoms with Crippen LogP contribution in [-0.4, -0.2) is 49.1 Å². The first kappa shape index (κ1) is 23.5. The van der Waals surface area contributed by atoms with E-state index in [0.29, 0.717) is 11.4 Å². The summed E-state index contributed by atoms with van der Waals surface area (Å²) in [5.41, 5.74) is 6.82. The van der Waals surface area contributed by atoms with Crippen molar-refractivity contribution in [3.63, 3.8) is 0 Å². The average Bonchev–Trinajstić information content (AvgIpc) is 2.51. The molecule has 2 rings (SSSR count). The fourth-order valence-electron chi connectivity index (χ4n) is 2.40. The monoisotopic (exact) mass is 391 g/mol. The number of carbonyl (C=O) groups is 2. The Morgan fingerprint density at radius 1 is 1.08 bits per heavy atom. The first-order chi connectivity index (χ1) is 10.9. The Morgan fingerprint density at radius 3 is 2.04 bits per heavy atom. The molecule has 1 aliphatic rings. The van der Waals surface area contributed by atoms with E-state index in [-0.39, 0.29) is 42.8 Å². The Kier molecular flexibility index (Phi) is 10.5. The zero-order chi connectivity index (χ0) is 16.8. The number of nitrogens with two attached hydrogens (primary N) is 1. The molecule has 0 radical (unpaired) electrons. The topological polar surface area (TPSA) is 99.5 Å². The molecular formula is C16H27Cl2N5O2. The van der Waals surface area contributed by atoms with Gasteiger partial charge in [-0.1, -0.05) is 0 Å². The van der Waals surface area contributed by atoms with E-state index >= 15 is 0 Å². The number of benzene rings is 1. The van der Waals surface area contributed by atoms with E-state index in [9.17, 15) is 9.59 Å². The lowest BCUT2D eigenvalue weighted by Crippen LogP contribution is -2.44. The Balaban J connectivity index is 0.00000288. The standard InChI is InChI=1S/C16H25N5O2.2ClH/c1-11(17)15(22)18-12-3-5-13(6-4-12)19-16(23)20-14-7-9-21(2)10-8-14;;/h3-6,11,14H,7-10,17H2,1-2H3,(H,18,22)(H2,19,20,23);2*1H/t11-;;/m1../s1. The molecule has 0 spiro atoms. The van der Waals surface area contributed by atoms with Gasteiger partial charge in [0.05, 0.1) is 6.04 Å². The predicted octanol–water partition coefficient (Wildman–Crippen LogP) is 2.03. The summed E-state index contributed by atoms with van der Waals surface area (Å²) < 4.78 is 0. The summed E-state index contributed by atoms with van der Waals surface area (Å²) in [4.78, 5) is 25.7. The molecule has 9 heteroatoms. The third-order valence-electron chi connectivity index (χ3n) is 3.88. The van der Waals surface area contributed by atoms with Gasteiger partial charge < -0.3 is 26.6 Å². The zero-order valence-electron chi connectivity index (χ0n) is 14.5. The van der Waals surface area contributed by atoms with Gasteiger partial charge >= 0.3 is 6.03 Å². The number of urea groups is 1. The maximum absolute atomic E-state index is 12.0. The Morgan fingerprint density at radius 2 is 1.56 bits per heavy atom. The van der Waals surface area contributed by atoms with Crippen molar-refractivity contribution >= 4 is 48.1 Å². The van der Waals surface area contributed by atoms with Gasteiger partial charge in [-0.25, -0.2) is 4.79 Å². The van der Waals surface area contributed by atoms with Crippen molar-refractivity contribution in [2.24, 2.45) is 5.73 Å². The van der Waals surface area contributed by atoms with E-state index in [4.69, 9.17) is 5.73 Å². The molecular weight excluding hydrogens is 365 g/mol. The number of hydrogen-bond donors (Lipinski definition) is 4. The van der Waals surface area contributed by atoms with E-state index in [1.165, 1.54) is 0 Å². The minimum absolute atomic E-state index is 0. The summed E-state index contributed by atoms with van der Waals surface area (Å²) in [6.07, 6.45) is 1.93. The van der Waals surface area contributed by atoms with Gasteiger partial charge in [0.2, 0.25) is 5.91 Å². The van der Waals surface area contributed by atoms with Gasteiger partial charge in [-0.2, -0.15) is 0 Å². The third-order valence-corrected chi connectivity index (χ3v) is 3.88. The molecule has 7 nitrogen and oxygen atoms in total.